The molecule has 94 valence electrons. The van der Waals surface area contributed by atoms with Crippen LogP contribution >= 0.6 is 0 Å². The van der Waals surface area contributed by atoms with Crippen LogP contribution in [-0.4, -0.2) is 11.6 Å². The lowest BCUT2D eigenvalue weighted by Gasteiger charge is -2.49. The van der Waals surface area contributed by atoms with Crippen molar-refractivity contribution in [1.82, 2.24) is 0 Å². The molecule has 2 bridgehead atoms. The van der Waals surface area contributed by atoms with Crippen LogP contribution in [0.4, 0.5) is 0 Å². The summed E-state index contributed by atoms with van der Waals surface area (Å²) in [6.07, 6.45) is 6.47. The van der Waals surface area contributed by atoms with Gasteiger partial charge in [0.05, 0.1) is 0 Å². The average molecular weight is 234 g/mol. The molecule has 0 aliphatic heterocycles. The number of esters is 1. The van der Waals surface area contributed by atoms with Crippen molar-refractivity contribution in [2.45, 2.75) is 45.1 Å². The van der Waals surface area contributed by atoms with Gasteiger partial charge in [0.15, 0.2) is 0 Å². The summed E-state index contributed by atoms with van der Waals surface area (Å²) in [6, 6.07) is 0. The quantitative estimate of drug-likeness (QED) is 0.542. The highest BCUT2D eigenvalue weighted by atomic mass is 16.6. The molecule has 3 aliphatic carbocycles. The summed E-state index contributed by atoms with van der Waals surface area (Å²) in [7, 11) is 0. The molecular weight excluding hydrogens is 212 g/mol. The Balaban J connectivity index is 1.86. The first-order valence-corrected chi connectivity index (χ1v) is 6.90. The van der Waals surface area contributed by atoms with Gasteiger partial charge in [0.1, 0.15) is 5.60 Å². The molecule has 17 heavy (non-hydrogen) atoms. The molecule has 3 aliphatic rings. The second kappa shape index (κ2) is 3.60. The second-order valence-electron chi connectivity index (χ2n) is 6.58. The van der Waals surface area contributed by atoms with Crippen LogP contribution in [0, 0.1) is 29.6 Å². The van der Waals surface area contributed by atoms with Crippen molar-refractivity contribution in [3.63, 3.8) is 0 Å². The van der Waals surface area contributed by atoms with E-state index < -0.39 is 0 Å². The van der Waals surface area contributed by atoms with Crippen LogP contribution in [-0.2, 0) is 9.53 Å². The summed E-state index contributed by atoms with van der Waals surface area (Å²) in [4.78, 5) is 11.6. The van der Waals surface area contributed by atoms with Gasteiger partial charge in [-0.3, -0.25) is 0 Å². The first kappa shape index (κ1) is 11.3. The minimum atomic E-state index is -0.241. The Hall–Kier alpha value is -0.790. The van der Waals surface area contributed by atoms with Crippen molar-refractivity contribution in [3.05, 3.63) is 12.7 Å². The zero-order valence-corrected chi connectivity index (χ0v) is 10.8. The molecule has 0 saturated heterocycles. The molecule has 6 atom stereocenters. The largest absolute Gasteiger partial charge is 0.456 e. The van der Waals surface area contributed by atoms with Gasteiger partial charge in [-0.05, 0) is 56.3 Å². The van der Waals surface area contributed by atoms with E-state index in [0.29, 0.717) is 11.8 Å². The van der Waals surface area contributed by atoms with E-state index >= 15 is 0 Å². The van der Waals surface area contributed by atoms with Crippen LogP contribution in [0.25, 0.3) is 0 Å². The van der Waals surface area contributed by atoms with Crippen LogP contribution in [0.2, 0.25) is 0 Å². The van der Waals surface area contributed by atoms with Gasteiger partial charge in [-0.25, -0.2) is 4.79 Å². The number of fused-ring (bicyclic) bond motifs is 1. The van der Waals surface area contributed by atoms with Crippen LogP contribution in [0.1, 0.15) is 39.5 Å². The maximum atomic E-state index is 11.6. The number of hydrogen-bond donors (Lipinski definition) is 0. The van der Waals surface area contributed by atoms with Crippen molar-refractivity contribution in [1.29, 1.82) is 0 Å². The van der Waals surface area contributed by atoms with Gasteiger partial charge < -0.3 is 4.74 Å². The monoisotopic (exact) mass is 234 g/mol. The average Bonchev–Trinajstić information content (AvgIpc) is 2.37. The van der Waals surface area contributed by atoms with Gasteiger partial charge in [-0.2, -0.15) is 0 Å². The van der Waals surface area contributed by atoms with E-state index in [2.05, 4.69) is 20.4 Å². The highest BCUT2D eigenvalue weighted by Gasteiger charge is 2.63. The molecule has 0 heterocycles. The Morgan fingerprint density at radius 2 is 2.12 bits per heavy atom. The molecule has 0 radical (unpaired) electrons. The Labute approximate surface area is 103 Å². The van der Waals surface area contributed by atoms with E-state index in [1.807, 2.05) is 0 Å². The second-order valence-corrected chi connectivity index (χ2v) is 6.58. The van der Waals surface area contributed by atoms with E-state index in [-0.39, 0.29) is 11.6 Å². The minimum absolute atomic E-state index is 0.207. The predicted molar refractivity (Wildman–Crippen MR) is 66.3 cm³/mol. The summed E-state index contributed by atoms with van der Waals surface area (Å²) in [5.74, 6) is 3.47. The minimum Gasteiger partial charge on any atom is -0.456 e. The molecule has 0 amide bonds. The van der Waals surface area contributed by atoms with E-state index in [9.17, 15) is 4.79 Å². The van der Waals surface area contributed by atoms with E-state index in [1.54, 1.807) is 0 Å². The molecule has 2 heteroatoms. The van der Waals surface area contributed by atoms with Gasteiger partial charge in [0.2, 0.25) is 0 Å². The summed E-state index contributed by atoms with van der Waals surface area (Å²) in [5, 5.41) is 0. The normalized spacial score (nSPS) is 51.3. The molecule has 0 aromatic rings. The van der Waals surface area contributed by atoms with Gasteiger partial charge in [0, 0.05) is 12.0 Å². The maximum Gasteiger partial charge on any atom is 0.330 e. The fraction of sp³-hybridized carbons (Fsp3) is 0.800. The molecule has 3 fully saturated rings. The van der Waals surface area contributed by atoms with Gasteiger partial charge in [0.25, 0.3) is 0 Å². The third-order valence-corrected chi connectivity index (χ3v) is 5.66. The fourth-order valence-corrected chi connectivity index (χ4v) is 4.81. The summed E-state index contributed by atoms with van der Waals surface area (Å²) in [6.45, 7) is 8.03. The Morgan fingerprint density at radius 3 is 2.82 bits per heavy atom. The van der Waals surface area contributed by atoms with Crippen LogP contribution in [0.15, 0.2) is 12.7 Å². The van der Waals surface area contributed by atoms with Crippen molar-refractivity contribution in [2.75, 3.05) is 0 Å². The van der Waals surface area contributed by atoms with E-state index in [0.717, 1.165) is 17.8 Å². The topological polar surface area (TPSA) is 26.3 Å². The Kier molecular flexibility index (Phi) is 2.39. The van der Waals surface area contributed by atoms with Crippen LogP contribution in [0.5, 0.6) is 0 Å². The third-order valence-electron chi connectivity index (χ3n) is 5.66. The van der Waals surface area contributed by atoms with Crippen LogP contribution in [0.3, 0.4) is 0 Å². The molecular formula is C15H22O2. The zero-order valence-electron chi connectivity index (χ0n) is 10.8. The van der Waals surface area contributed by atoms with Crippen molar-refractivity contribution in [2.24, 2.45) is 29.6 Å². The van der Waals surface area contributed by atoms with Gasteiger partial charge in [-0.1, -0.05) is 13.5 Å². The third kappa shape index (κ3) is 1.49. The van der Waals surface area contributed by atoms with Crippen molar-refractivity contribution in [3.8, 4) is 0 Å². The zero-order chi connectivity index (χ0) is 12.2. The highest BCUT2D eigenvalue weighted by molar-refractivity contribution is 5.81. The first-order chi connectivity index (χ1) is 8.04. The summed E-state index contributed by atoms with van der Waals surface area (Å²) < 4.78 is 5.76. The van der Waals surface area contributed by atoms with Gasteiger partial charge in [-0.15, -0.1) is 0 Å². The van der Waals surface area contributed by atoms with E-state index in [1.165, 1.54) is 31.8 Å². The molecule has 3 rings (SSSR count). The van der Waals surface area contributed by atoms with Crippen molar-refractivity contribution < 1.29 is 9.53 Å². The van der Waals surface area contributed by atoms with Crippen LogP contribution < -0.4 is 0 Å². The molecule has 3 saturated carbocycles. The lowest BCUT2D eigenvalue weighted by Crippen LogP contribution is -2.50. The first-order valence-electron chi connectivity index (χ1n) is 6.90. The number of carbonyl (C=O) groups is 1. The summed E-state index contributed by atoms with van der Waals surface area (Å²) >= 11 is 0. The molecule has 6 unspecified atom stereocenters. The lowest BCUT2D eigenvalue weighted by molar-refractivity contribution is -0.171. The lowest BCUT2D eigenvalue weighted by atomic mass is 9.59. The smallest absolute Gasteiger partial charge is 0.330 e. The SMILES string of the molecule is C=CC(=O)OC1(C)C2CC(C)CC3CC1C3C2. The Morgan fingerprint density at radius 1 is 1.35 bits per heavy atom. The van der Waals surface area contributed by atoms with Gasteiger partial charge >= 0.3 is 5.97 Å². The highest BCUT2D eigenvalue weighted by Crippen LogP contribution is 2.64. The molecule has 0 aromatic carbocycles. The molecule has 0 spiro atoms. The molecule has 2 nitrogen and oxygen atoms in total. The maximum absolute atomic E-state index is 11.6. The predicted octanol–water partition coefficient (Wildman–Crippen LogP) is 3.18. The molecule has 0 N–H and O–H groups in total. The number of rotatable bonds is 2. The number of carbonyl (C=O) groups excluding carboxylic acids is 1. The number of ether oxygens (including phenoxy) is 1. The fourth-order valence-electron chi connectivity index (χ4n) is 4.81. The Bertz CT molecular complexity index is 360. The van der Waals surface area contributed by atoms with E-state index in [4.69, 9.17) is 4.74 Å². The molecule has 0 aromatic heterocycles. The van der Waals surface area contributed by atoms with Crippen molar-refractivity contribution >= 4 is 5.97 Å². The number of hydrogen-bond acceptors (Lipinski definition) is 2. The summed E-state index contributed by atoms with van der Waals surface area (Å²) in [5.41, 5.74) is -0.207. The standard InChI is InChI=1S/C15H22O2/c1-4-14(16)17-15(3)11-6-9(2)5-10-7-13(15)12(10)8-11/h4,9-13H,1,5-8H2,2-3H3.